The number of aryl methyl sites for hydroxylation is 1. The fourth-order valence-electron chi connectivity index (χ4n) is 2.17. The highest BCUT2D eigenvalue weighted by Gasteiger charge is 2.17. The van der Waals surface area contributed by atoms with Crippen molar-refractivity contribution in [2.24, 2.45) is 0 Å². The van der Waals surface area contributed by atoms with Gasteiger partial charge in [0.05, 0.1) is 18.5 Å². The number of amides is 1. The first-order valence-corrected chi connectivity index (χ1v) is 9.20. The van der Waals surface area contributed by atoms with Crippen molar-refractivity contribution in [3.63, 3.8) is 0 Å². The molecule has 0 aromatic heterocycles. The van der Waals surface area contributed by atoms with Gasteiger partial charge in [-0.3, -0.25) is 9.10 Å². The van der Waals surface area contributed by atoms with Crippen LogP contribution in [0.4, 0.5) is 10.1 Å². The Morgan fingerprint density at radius 2 is 1.67 bits per heavy atom. The molecule has 0 heterocycles. The van der Waals surface area contributed by atoms with Crippen LogP contribution >= 0.6 is 0 Å². The van der Waals surface area contributed by atoms with Crippen LogP contribution in [0.25, 0.3) is 0 Å². The summed E-state index contributed by atoms with van der Waals surface area (Å²) in [5.41, 5.74) is 1.88. The van der Waals surface area contributed by atoms with Crippen LogP contribution in [-0.4, -0.2) is 33.7 Å². The summed E-state index contributed by atoms with van der Waals surface area (Å²) in [4.78, 5) is 12.0. The molecule has 0 aliphatic heterocycles. The predicted octanol–water partition coefficient (Wildman–Crippen LogP) is 2.33. The van der Waals surface area contributed by atoms with Crippen molar-refractivity contribution >= 4 is 21.6 Å². The SMILES string of the molecule is Cc1ccc(N(CCNC(=O)c2ccc(F)cc2)S(C)(=O)=O)cc1. The van der Waals surface area contributed by atoms with Crippen molar-refractivity contribution in [3.05, 3.63) is 65.5 Å². The molecule has 0 bridgehead atoms. The van der Waals surface area contributed by atoms with E-state index in [-0.39, 0.29) is 19.0 Å². The molecule has 0 saturated carbocycles. The Bertz CT molecular complexity index is 803. The Balaban J connectivity index is 2.02. The molecular formula is C17H19FN2O3S. The smallest absolute Gasteiger partial charge is 0.251 e. The molecule has 2 aromatic carbocycles. The van der Waals surface area contributed by atoms with Crippen LogP contribution in [0.3, 0.4) is 0 Å². The van der Waals surface area contributed by atoms with Crippen LogP contribution < -0.4 is 9.62 Å². The first-order valence-electron chi connectivity index (χ1n) is 7.35. The quantitative estimate of drug-likeness (QED) is 0.869. The predicted molar refractivity (Wildman–Crippen MR) is 92.1 cm³/mol. The van der Waals surface area contributed by atoms with E-state index in [9.17, 15) is 17.6 Å². The number of hydrogen-bond donors (Lipinski definition) is 1. The molecule has 2 aromatic rings. The molecule has 2 rings (SSSR count). The second-order valence-corrected chi connectivity index (χ2v) is 7.34. The molecule has 128 valence electrons. The van der Waals surface area contributed by atoms with Gasteiger partial charge < -0.3 is 5.32 Å². The topological polar surface area (TPSA) is 66.5 Å². The van der Waals surface area contributed by atoms with Crippen LogP contribution in [0.1, 0.15) is 15.9 Å². The summed E-state index contributed by atoms with van der Waals surface area (Å²) < 4.78 is 38.0. The summed E-state index contributed by atoms with van der Waals surface area (Å²) in [6.07, 6.45) is 1.12. The number of halogens is 1. The number of carbonyl (C=O) groups excluding carboxylic acids is 1. The van der Waals surface area contributed by atoms with Gasteiger partial charge >= 0.3 is 0 Å². The standard InChI is InChI=1S/C17H19FN2O3S/c1-13-3-9-16(10-4-13)20(24(2,22)23)12-11-19-17(21)14-5-7-15(18)8-6-14/h3-10H,11-12H2,1-2H3,(H,19,21). The molecule has 1 N–H and O–H groups in total. The summed E-state index contributed by atoms with van der Waals surface area (Å²) in [5.74, 6) is -0.804. The highest BCUT2D eigenvalue weighted by Crippen LogP contribution is 2.17. The van der Waals surface area contributed by atoms with E-state index in [0.29, 0.717) is 11.3 Å². The Morgan fingerprint density at radius 3 is 2.21 bits per heavy atom. The number of hydrogen-bond acceptors (Lipinski definition) is 3. The van der Waals surface area contributed by atoms with Gasteiger partial charge in [0.1, 0.15) is 5.82 Å². The van der Waals surface area contributed by atoms with Gasteiger partial charge in [0, 0.05) is 12.1 Å². The van der Waals surface area contributed by atoms with Gasteiger partial charge in [0.15, 0.2) is 0 Å². The molecule has 0 saturated heterocycles. The van der Waals surface area contributed by atoms with Crippen LogP contribution in [0.5, 0.6) is 0 Å². The Kier molecular flexibility index (Phi) is 5.56. The number of nitrogens with one attached hydrogen (secondary N) is 1. The van der Waals surface area contributed by atoms with Crippen molar-refractivity contribution in [2.75, 3.05) is 23.7 Å². The highest BCUT2D eigenvalue weighted by molar-refractivity contribution is 7.92. The van der Waals surface area contributed by atoms with E-state index in [0.717, 1.165) is 11.8 Å². The summed E-state index contributed by atoms with van der Waals surface area (Å²) in [5, 5.41) is 2.63. The van der Waals surface area contributed by atoms with E-state index in [1.807, 2.05) is 19.1 Å². The second-order valence-electron chi connectivity index (χ2n) is 5.43. The molecule has 5 nitrogen and oxygen atoms in total. The molecule has 24 heavy (non-hydrogen) atoms. The number of anilines is 1. The molecule has 0 fully saturated rings. The lowest BCUT2D eigenvalue weighted by molar-refractivity contribution is 0.0955. The minimum absolute atomic E-state index is 0.106. The van der Waals surface area contributed by atoms with Crippen molar-refractivity contribution < 1.29 is 17.6 Å². The fourth-order valence-corrected chi connectivity index (χ4v) is 3.10. The monoisotopic (exact) mass is 350 g/mol. The Labute approximate surface area is 141 Å². The maximum Gasteiger partial charge on any atom is 0.251 e. The normalized spacial score (nSPS) is 11.1. The third-order valence-corrected chi connectivity index (χ3v) is 4.62. The van der Waals surface area contributed by atoms with E-state index in [1.54, 1.807) is 12.1 Å². The molecule has 0 aliphatic rings. The van der Waals surface area contributed by atoms with Gasteiger partial charge in [-0.2, -0.15) is 0 Å². The number of rotatable bonds is 6. The van der Waals surface area contributed by atoms with Crippen molar-refractivity contribution in [2.45, 2.75) is 6.92 Å². The lowest BCUT2D eigenvalue weighted by Gasteiger charge is -2.22. The lowest BCUT2D eigenvalue weighted by Crippen LogP contribution is -2.38. The van der Waals surface area contributed by atoms with Crippen LogP contribution in [0.2, 0.25) is 0 Å². The Morgan fingerprint density at radius 1 is 1.08 bits per heavy atom. The van der Waals surface area contributed by atoms with Gasteiger partial charge in [0.2, 0.25) is 10.0 Å². The number of sulfonamides is 1. The van der Waals surface area contributed by atoms with Crippen LogP contribution in [-0.2, 0) is 10.0 Å². The zero-order valence-corrected chi connectivity index (χ0v) is 14.3. The largest absolute Gasteiger partial charge is 0.350 e. The van der Waals surface area contributed by atoms with E-state index in [2.05, 4.69) is 5.32 Å². The minimum atomic E-state index is -3.47. The summed E-state index contributed by atoms with van der Waals surface area (Å²) in [7, 11) is -3.47. The lowest BCUT2D eigenvalue weighted by atomic mass is 10.2. The van der Waals surface area contributed by atoms with Gasteiger partial charge in [0.25, 0.3) is 5.91 Å². The van der Waals surface area contributed by atoms with E-state index < -0.39 is 15.8 Å². The number of nitrogens with zero attached hydrogens (tertiary/aromatic N) is 1. The molecule has 0 radical (unpaired) electrons. The number of benzene rings is 2. The molecule has 1 amide bonds. The molecule has 0 unspecified atom stereocenters. The zero-order chi connectivity index (χ0) is 17.7. The molecule has 0 spiro atoms. The first kappa shape index (κ1) is 17.9. The maximum absolute atomic E-state index is 12.9. The average Bonchev–Trinajstić information content (AvgIpc) is 2.52. The van der Waals surface area contributed by atoms with Gasteiger partial charge in [-0.1, -0.05) is 17.7 Å². The first-order chi connectivity index (χ1) is 11.3. The third-order valence-electron chi connectivity index (χ3n) is 3.43. The minimum Gasteiger partial charge on any atom is -0.350 e. The summed E-state index contributed by atoms with van der Waals surface area (Å²) >= 11 is 0. The van der Waals surface area contributed by atoms with Crippen LogP contribution in [0, 0.1) is 12.7 Å². The van der Waals surface area contributed by atoms with Crippen molar-refractivity contribution in [1.29, 1.82) is 0 Å². The Hall–Kier alpha value is -2.41. The second kappa shape index (κ2) is 7.44. The molecule has 7 heteroatoms. The van der Waals surface area contributed by atoms with Crippen molar-refractivity contribution in [3.8, 4) is 0 Å². The van der Waals surface area contributed by atoms with E-state index in [1.165, 1.54) is 28.6 Å². The van der Waals surface area contributed by atoms with Gasteiger partial charge in [-0.15, -0.1) is 0 Å². The molecule has 0 atom stereocenters. The van der Waals surface area contributed by atoms with E-state index >= 15 is 0 Å². The van der Waals surface area contributed by atoms with E-state index in [4.69, 9.17) is 0 Å². The molecular weight excluding hydrogens is 331 g/mol. The van der Waals surface area contributed by atoms with Gasteiger partial charge in [-0.05, 0) is 43.3 Å². The van der Waals surface area contributed by atoms with Crippen molar-refractivity contribution in [1.82, 2.24) is 5.32 Å². The fraction of sp³-hybridized carbons (Fsp3) is 0.235. The third kappa shape index (κ3) is 4.79. The maximum atomic E-state index is 12.9. The summed E-state index contributed by atoms with van der Waals surface area (Å²) in [6.45, 7) is 2.16. The number of carbonyl (C=O) groups is 1. The summed E-state index contributed by atoms with van der Waals surface area (Å²) in [6, 6.07) is 12.2. The van der Waals surface area contributed by atoms with Crippen LogP contribution in [0.15, 0.2) is 48.5 Å². The average molecular weight is 350 g/mol. The molecule has 0 aliphatic carbocycles. The zero-order valence-electron chi connectivity index (χ0n) is 13.5. The van der Waals surface area contributed by atoms with Gasteiger partial charge in [-0.25, -0.2) is 12.8 Å². The highest BCUT2D eigenvalue weighted by atomic mass is 32.2.